The van der Waals surface area contributed by atoms with Gasteiger partial charge in [0.25, 0.3) is 0 Å². The smallest absolute Gasteiger partial charge is 0.332 e. The standard InChI is InChI=1S/C23H26FN5O2/c1-15-7-5-6-8-19(15)27-22(30)29(18-11-9-17(24)10-12-18)20-13-14-25-21(28-20)26-16(2)23(3,4)31/h5-14,16,31H,1-4H3,(H,27,30)(H,25,26,28)/t16-/m0/s1. The van der Waals surface area contributed by atoms with Gasteiger partial charge < -0.3 is 15.7 Å². The summed E-state index contributed by atoms with van der Waals surface area (Å²) in [7, 11) is 0. The van der Waals surface area contributed by atoms with Crippen LogP contribution in [0, 0.1) is 12.7 Å². The number of urea groups is 1. The number of anilines is 4. The maximum atomic E-state index is 13.5. The van der Waals surface area contributed by atoms with Crippen molar-refractivity contribution in [3.63, 3.8) is 0 Å². The number of carbonyl (C=O) groups excluding carboxylic acids is 1. The quantitative estimate of drug-likeness (QED) is 0.526. The van der Waals surface area contributed by atoms with Crippen molar-refractivity contribution >= 4 is 29.2 Å². The average Bonchev–Trinajstić information content (AvgIpc) is 2.71. The van der Waals surface area contributed by atoms with E-state index in [4.69, 9.17) is 0 Å². The lowest BCUT2D eigenvalue weighted by Crippen LogP contribution is -2.40. The van der Waals surface area contributed by atoms with Gasteiger partial charge in [0, 0.05) is 18.0 Å². The molecule has 7 nitrogen and oxygen atoms in total. The van der Waals surface area contributed by atoms with Gasteiger partial charge in [0.05, 0.1) is 17.3 Å². The molecule has 1 heterocycles. The van der Waals surface area contributed by atoms with Crippen molar-refractivity contribution in [1.82, 2.24) is 9.97 Å². The summed E-state index contributed by atoms with van der Waals surface area (Å²) >= 11 is 0. The van der Waals surface area contributed by atoms with Crippen molar-refractivity contribution in [3.8, 4) is 0 Å². The Bertz CT molecular complexity index is 1050. The van der Waals surface area contributed by atoms with Gasteiger partial charge in [-0.1, -0.05) is 18.2 Å². The van der Waals surface area contributed by atoms with E-state index in [2.05, 4.69) is 20.6 Å². The van der Waals surface area contributed by atoms with Crippen LogP contribution in [-0.2, 0) is 0 Å². The Morgan fingerprint density at radius 1 is 1.13 bits per heavy atom. The molecule has 3 aromatic rings. The van der Waals surface area contributed by atoms with Gasteiger partial charge in [-0.2, -0.15) is 4.98 Å². The number of hydrogen-bond donors (Lipinski definition) is 3. The monoisotopic (exact) mass is 423 g/mol. The molecule has 0 spiro atoms. The van der Waals surface area contributed by atoms with Crippen LogP contribution in [0.15, 0.2) is 60.8 Å². The molecular formula is C23H26FN5O2. The predicted molar refractivity (Wildman–Crippen MR) is 120 cm³/mol. The highest BCUT2D eigenvalue weighted by atomic mass is 19.1. The minimum Gasteiger partial charge on any atom is -0.388 e. The van der Waals surface area contributed by atoms with Gasteiger partial charge in [-0.25, -0.2) is 19.1 Å². The molecule has 3 N–H and O–H groups in total. The molecule has 0 radical (unpaired) electrons. The third-order valence-corrected chi connectivity index (χ3v) is 4.95. The van der Waals surface area contributed by atoms with Crippen LogP contribution in [0.5, 0.6) is 0 Å². The molecule has 0 aliphatic heterocycles. The van der Waals surface area contributed by atoms with Gasteiger partial charge in [-0.05, 0) is 63.6 Å². The minimum atomic E-state index is -1.00. The van der Waals surface area contributed by atoms with Crippen LogP contribution >= 0.6 is 0 Å². The average molecular weight is 423 g/mol. The van der Waals surface area contributed by atoms with Gasteiger partial charge in [-0.3, -0.25) is 0 Å². The van der Waals surface area contributed by atoms with Gasteiger partial charge in [0.1, 0.15) is 11.6 Å². The Labute approximate surface area is 181 Å². The van der Waals surface area contributed by atoms with Gasteiger partial charge >= 0.3 is 6.03 Å². The Hall–Kier alpha value is -3.52. The Morgan fingerprint density at radius 2 is 1.81 bits per heavy atom. The molecule has 162 valence electrons. The zero-order valence-corrected chi connectivity index (χ0v) is 17.9. The first-order valence-corrected chi connectivity index (χ1v) is 9.89. The fourth-order valence-electron chi connectivity index (χ4n) is 2.74. The van der Waals surface area contributed by atoms with E-state index in [1.165, 1.54) is 35.4 Å². The molecule has 2 aromatic carbocycles. The summed E-state index contributed by atoms with van der Waals surface area (Å²) in [6.45, 7) is 7.05. The molecule has 0 saturated heterocycles. The molecule has 0 aliphatic carbocycles. The summed E-state index contributed by atoms with van der Waals surface area (Å²) in [5.41, 5.74) is 0.993. The zero-order valence-electron chi connectivity index (χ0n) is 17.9. The summed E-state index contributed by atoms with van der Waals surface area (Å²) in [6, 6.07) is 13.7. The zero-order chi connectivity index (χ0) is 22.6. The van der Waals surface area contributed by atoms with Crippen molar-refractivity contribution in [2.45, 2.75) is 39.3 Å². The molecule has 0 fully saturated rings. The third kappa shape index (κ3) is 5.55. The Kier molecular flexibility index (Phi) is 6.50. The van der Waals surface area contributed by atoms with Crippen molar-refractivity contribution in [3.05, 3.63) is 72.2 Å². The van der Waals surface area contributed by atoms with Gasteiger partial charge in [0.2, 0.25) is 5.95 Å². The second-order valence-electron chi connectivity index (χ2n) is 7.82. The molecule has 0 aliphatic rings. The Morgan fingerprint density at radius 3 is 2.45 bits per heavy atom. The second kappa shape index (κ2) is 9.09. The number of rotatable bonds is 6. The number of carbonyl (C=O) groups is 1. The molecular weight excluding hydrogens is 397 g/mol. The van der Waals surface area contributed by atoms with Crippen LogP contribution in [0.1, 0.15) is 26.3 Å². The van der Waals surface area contributed by atoms with Crippen LogP contribution in [-0.4, -0.2) is 32.7 Å². The minimum absolute atomic E-state index is 0.253. The second-order valence-corrected chi connectivity index (χ2v) is 7.82. The van der Waals surface area contributed by atoms with E-state index in [-0.39, 0.29) is 17.8 Å². The predicted octanol–water partition coefficient (Wildman–Crippen LogP) is 4.87. The molecule has 0 bridgehead atoms. The lowest BCUT2D eigenvalue weighted by molar-refractivity contribution is 0.0646. The maximum Gasteiger partial charge on any atom is 0.332 e. The van der Waals surface area contributed by atoms with E-state index in [1.807, 2.05) is 25.1 Å². The van der Waals surface area contributed by atoms with E-state index in [0.717, 1.165) is 5.56 Å². The van der Waals surface area contributed by atoms with Crippen molar-refractivity contribution in [2.24, 2.45) is 0 Å². The first-order valence-electron chi connectivity index (χ1n) is 9.89. The lowest BCUT2D eigenvalue weighted by atomic mass is 10.0. The van der Waals surface area contributed by atoms with Crippen molar-refractivity contribution in [1.29, 1.82) is 0 Å². The van der Waals surface area contributed by atoms with Crippen molar-refractivity contribution in [2.75, 3.05) is 15.5 Å². The van der Waals surface area contributed by atoms with E-state index < -0.39 is 17.4 Å². The fraction of sp³-hybridized carbons (Fsp3) is 0.261. The largest absolute Gasteiger partial charge is 0.388 e. The van der Waals surface area contributed by atoms with Crippen LogP contribution in [0.4, 0.5) is 32.3 Å². The number of aromatic nitrogens is 2. The summed E-state index contributed by atoms with van der Waals surface area (Å²) in [5.74, 6) is 0.133. The number of aryl methyl sites for hydroxylation is 1. The van der Waals surface area contributed by atoms with Crippen molar-refractivity contribution < 1.29 is 14.3 Å². The van der Waals surface area contributed by atoms with Gasteiger partial charge in [0.15, 0.2) is 0 Å². The van der Waals surface area contributed by atoms with Gasteiger partial charge in [-0.15, -0.1) is 0 Å². The van der Waals surface area contributed by atoms with E-state index in [0.29, 0.717) is 11.4 Å². The summed E-state index contributed by atoms with van der Waals surface area (Å²) < 4.78 is 13.5. The summed E-state index contributed by atoms with van der Waals surface area (Å²) in [4.78, 5) is 23.2. The molecule has 2 amide bonds. The van der Waals surface area contributed by atoms with Crippen LogP contribution in [0.2, 0.25) is 0 Å². The number of nitrogens with one attached hydrogen (secondary N) is 2. The Balaban J connectivity index is 1.97. The van der Waals surface area contributed by atoms with E-state index in [9.17, 15) is 14.3 Å². The highest BCUT2D eigenvalue weighted by molar-refractivity contribution is 6.06. The number of nitrogens with zero attached hydrogens (tertiary/aromatic N) is 3. The molecule has 1 atom stereocenters. The maximum absolute atomic E-state index is 13.5. The third-order valence-electron chi connectivity index (χ3n) is 4.95. The van der Waals surface area contributed by atoms with Crippen LogP contribution in [0.25, 0.3) is 0 Å². The lowest BCUT2D eigenvalue weighted by Gasteiger charge is -2.27. The molecule has 8 heteroatoms. The van der Waals surface area contributed by atoms with E-state index in [1.54, 1.807) is 32.9 Å². The molecule has 3 rings (SSSR count). The number of hydrogen-bond acceptors (Lipinski definition) is 5. The molecule has 31 heavy (non-hydrogen) atoms. The summed E-state index contributed by atoms with van der Waals surface area (Å²) in [6.07, 6.45) is 1.51. The molecule has 1 aromatic heterocycles. The number of amides is 2. The molecule has 0 unspecified atom stereocenters. The SMILES string of the molecule is Cc1ccccc1NC(=O)N(c1ccc(F)cc1)c1ccnc(N[C@@H](C)C(C)(C)O)n1. The number of benzene rings is 2. The van der Waals surface area contributed by atoms with Crippen LogP contribution in [0.3, 0.4) is 0 Å². The van der Waals surface area contributed by atoms with E-state index >= 15 is 0 Å². The highest BCUT2D eigenvalue weighted by Crippen LogP contribution is 2.27. The normalized spacial score (nSPS) is 12.2. The summed E-state index contributed by atoms with van der Waals surface area (Å²) in [5, 5.41) is 16.1. The first-order chi connectivity index (χ1) is 14.6. The number of aliphatic hydroxyl groups is 1. The topological polar surface area (TPSA) is 90.4 Å². The first kappa shape index (κ1) is 22.2. The molecule has 0 saturated carbocycles. The number of para-hydroxylation sites is 1. The number of halogens is 1. The highest BCUT2D eigenvalue weighted by Gasteiger charge is 2.24. The van der Waals surface area contributed by atoms with Crippen LogP contribution < -0.4 is 15.5 Å². The fourth-order valence-corrected chi connectivity index (χ4v) is 2.74.